The summed E-state index contributed by atoms with van der Waals surface area (Å²) in [5.41, 5.74) is 2.45. The molecule has 1 amide bonds. The van der Waals surface area contributed by atoms with Gasteiger partial charge in [0.2, 0.25) is 0 Å². The van der Waals surface area contributed by atoms with E-state index in [9.17, 15) is 9.90 Å². The van der Waals surface area contributed by atoms with Gasteiger partial charge in [-0.3, -0.25) is 4.79 Å². The highest BCUT2D eigenvalue weighted by Crippen LogP contribution is 2.25. The lowest BCUT2D eigenvalue weighted by Gasteiger charge is -2.19. The highest BCUT2D eigenvalue weighted by atomic mass is 35.5. The highest BCUT2D eigenvalue weighted by Gasteiger charge is 2.17. The van der Waals surface area contributed by atoms with Gasteiger partial charge in [-0.05, 0) is 29.3 Å². The van der Waals surface area contributed by atoms with Crippen LogP contribution in [0.3, 0.4) is 0 Å². The zero-order chi connectivity index (χ0) is 17.6. The van der Waals surface area contributed by atoms with Crippen LogP contribution in [-0.2, 0) is 0 Å². The molecule has 3 aromatic carbocycles. The maximum atomic E-state index is 12.4. The van der Waals surface area contributed by atoms with Crippen molar-refractivity contribution in [2.24, 2.45) is 0 Å². The van der Waals surface area contributed by atoms with Crippen molar-refractivity contribution in [3.05, 3.63) is 101 Å². The predicted octanol–water partition coefficient (Wildman–Crippen LogP) is 4.61. The summed E-state index contributed by atoms with van der Waals surface area (Å²) in [5, 5.41) is 13.2. The smallest absolute Gasteiger partial charge is 0.255 e. The Balaban J connectivity index is 1.80. The molecule has 0 heterocycles. The number of rotatable bonds is 5. The molecule has 3 aromatic rings. The number of benzene rings is 3. The maximum absolute atomic E-state index is 12.4. The van der Waals surface area contributed by atoms with Crippen molar-refractivity contribution in [3.8, 4) is 5.75 Å². The summed E-state index contributed by atoms with van der Waals surface area (Å²) >= 11 is 5.82. The van der Waals surface area contributed by atoms with Gasteiger partial charge >= 0.3 is 0 Å². The standard InChI is InChI=1S/C21H18ClNO2/c22-17-11-12-18(20(24)13-17)21(25)23-14-19(15-7-3-1-4-8-15)16-9-5-2-6-10-16/h1-13,19,24H,14H2,(H,23,25). The van der Waals surface area contributed by atoms with Crippen molar-refractivity contribution < 1.29 is 9.90 Å². The average molecular weight is 352 g/mol. The van der Waals surface area contributed by atoms with Gasteiger partial charge in [0.1, 0.15) is 5.75 Å². The van der Waals surface area contributed by atoms with E-state index >= 15 is 0 Å². The van der Waals surface area contributed by atoms with Gasteiger partial charge in [-0.1, -0.05) is 72.3 Å². The van der Waals surface area contributed by atoms with Gasteiger partial charge in [0.25, 0.3) is 5.91 Å². The van der Waals surface area contributed by atoms with E-state index in [1.165, 1.54) is 12.1 Å². The lowest BCUT2D eigenvalue weighted by Crippen LogP contribution is -2.29. The number of hydrogen-bond donors (Lipinski definition) is 2. The van der Waals surface area contributed by atoms with Gasteiger partial charge in [-0.15, -0.1) is 0 Å². The van der Waals surface area contributed by atoms with Crippen LogP contribution in [0.25, 0.3) is 0 Å². The SMILES string of the molecule is O=C(NCC(c1ccccc1)c1ccccc1)c1ccc(Cl)cc1O. The van der Waals surface area contributed by atoms with Crippen LogP contribution in [0.1, 0.15) is 27.4 Å². The van der Waals surface area contributed by atoms with Gasteiger partial charge in [0.15, 0.2) is 0 Å². The normalized spacial score (nSPS) is 10.6. The van der Waals surface area contributed by atoms with E-state index in [4.69, 9.17) is 11.6 Å². The summed E-state index contributed by atoms with van der Waals surface area (Å²) < 4.78 is 0. The zero-order valence-electron chi connectivity index (χ0n) is 13.5. The third kappa shape index (κ3) is 4.20. The van der Waals surface area contributed by atoms with Gasteiger partial charge in [-0.2, -0.15) is 0 Å². The van der Waals surface area contributed by atoms with E-state index in [1.807, 2.05) is 60.7 Å². The van der Waals surface area contributed by atoms with Crippen LogP contribution in [-0.4, -0.2) is 17.6 Å². The van der Waals surface area contributed by atoms with Crippen LogP contribution in [0.4, 0.5) is 0 Å². The first-order chi connectivity index (χ1) is 12.1. The van der Waals surface area contributed by atoms with Gasteiger partial charge in [0, 0.05) is 17.5 Å². The van der Waals surface area contributed by atoms with E-state index in [2.05, 4.69) is 5.32 Å². The lowest BCUT2D eigenvalue weighted by atomic mass is 9.91. The fourth-order valence-electron chi connectivity index (χ4n) is 2.79. The monoisotopic (exact) mass is 351 g/mol. The van der Waals surface area contributed by atoms with Crippen LogP contribution in [0, 0.1) is 0 Å². The Morgan fingerprint density at radius 1 is 0.920 bits per heavy atom. The maximum Gasteiger partial charge on any atom is 0.255 e. The number of carbonyl (C=O) groups is 1. The van der Waals surface area contributed by atoms with Crippen molar-refractivity contribution in [2.75, 3.05) is 6.54 Å². The lowest BCUT2D eigenvalue weighted by molar-refractivity contribution is 0.0950. The Hall–Kier alpha value is -2.78. The Labute approximate surface area is 151 Å². The summed E-state index contributed by atoms with van der Waals surface area (Å²) in [6, 6.07) is 24.5. The molecule has 0 aliphatic heterocycles. The second kappa shape index (κ2) is 7.86. The second-order valence-corrected chi connectivity index (χ2v) is 6.18. The van der Waals surface area contributed by atoms with E-state index in [0.717, 1.165) is 11.1 Å². The van der Waals surface area contributed by atoms with Crippen molar-refractivity contribution in [2.45, 2.75) is 5.92 Å². The van der Waals surface area contributed by atoms with E-state index in [-0.39, 0.29) is 23.1 Å². The molecule has 0 saturated heterocycles. The first-order valence-corrected chi connectivity index (χ1v) is 8.39. The van der Waals surface area contributed by atoms with E-state index in [0.29, 0.717) is 11.6 Å². The summed E-state index contributed by atoms with van der Waals surface area (Å²) in [7, 11) is 0. The number of carbonyl (C=O) groups excluding carboxylic acids is 1. The summed E-state index contributed by atoms with van der Waals surface area (Å²) in [6.07, 6.45) is 0. The molecule has 0 bridgehead atoms. The minimum Gasteiger partial charge on any atom is -0.507 e. The van der Waals surface area contributed by atoms with E-state index < -0.39 is 0 Å². The molecule has 0 atom stereocenters. The first kappa shape index (κ1) is 17.1. The minimum absolute atomic E-state index is 0.0285. The van der Waals surface area contributed by atoms with Crippen molar-refractivity contribution in [3.63, 3.8) is 0 Å². The Morgan fingerprint density at radius 2 is 1.48 bits per heavy atom. The largest absolute Gasteiger partial charge is 0.507 e. The topological polar surface area (TPSA) is 49.3 Å². The molecule has 3 nitrogen and oxygen atoms in total. The van der Waals surface area contributed by atoms with Crippen molar-refractivity contribution in [1.82, 2.24) is 5.32 Å². The molecule has 3 rings (SSSR count). The molecule has 25 heavy (non-hydrogen) atoms. The van der Waals surface area contributed by atoms with Crippen molar-refractivity contribution >= 4 is 17.5 Å². The molecule has 126 valence electrons. The minimum atomic E-state index is -0.328. The third-order valence-corrected chi connectivity index (χ3v) is 4.31. The van der Waals surface area contributed by atoms with Crippen LogP contribution in [0.5, 0.6) is 5.75 Å². The molecular weight excluding hydrogens is 334 g/mol. The van der Waals surface area contributed by atoms with Gasteiger partial charge < -0.3 is 10.4 Å². The van der Waals surface area contributed by atoms with Gasteiger partial charge in [-0.25, -0.2) is 0 Å². The predicted molar refractivity (Wildman–Crippen MR) is 100 cm³/mol. The number of amides is 1. The molecule has 4 heteroatoms. The molecular formula is C21H18ClNO2. The molecule has 0 aromatic heterocycles. The van der Waals surface area contributed by atoms with Crippen LogP contribution in [0.15, 0.2) is 78.9 Å². The molecule has 0 saturated carbocycles. The first-order valence-electron chi connectivity index (χ1n) is 8.02. The summed E-state index contributed by atoms with van der Waals surface area (Å²) in [6.45, 7) is 0.426. The molecule has 0 aliphatic carbocycles. The molecule has 0 radical (unpaired) electrons. The number of aromatic hydroxyl groups is 1. The summed E-state index contributed by atoms with van der Waals surface area (Å²) in [4.78, 5) is 12.4. The Bertz CT molecular complexity index is 811. The fraction of sp³-hybridized carbons (Fsp3) is 0.0952. The van der Waals surface area contributed by atoms with Crippen molar-refractivity contribution in [1.29, 1.82) is 0 Å². The number of phenolic OH excluding ortho intramolecular Hbond substituents is 1. The molecule has 0 unspecified atom stereocenters. The van der Waals surface area contributed by atoms with Gasteiger partial charge in [0.05, 0.1) is 5.56 Å². The molecule has 0 aliphatic rings. The Morgan fingerprint density at radius 3 is 2.00 bits per heavy atom. The van der Waals surface area contributed by atoms with Crippen LogP contribution in [0.2, 0.25) is 5.02 Å². The quantitative estimate of drug-likeness (QED) is 0.705. The number of phenols is 1. The van der Waals surface area contributed by atoms with E-state index in [1.54, 1.807) is 6.07 Å². The second-order valence-electron chi connectivity index (χ2n) is 5.75. The number of nitrogens with one attached hydrogen (secondary N) is 1. The molecule has 0 fully saturated rings. The fourth-order valence-corrected chi connectivity index (χ4v) is 2.95. The molecule has 2 N–H and O–H groups in total. The zero-order valence-corrected chi connectivity index (χ0v) is 14.3. The number of hydrogen-bond acceptors (Lipinski definition) is 2. The average Bonchev–Trinajstić information content (AvgIpc) is 2.63. The van der Waals surface area contributed by atoms with Crippen LogP contribution < -0.4 is 5.32 Å². The number of halogens is 1. The Kier molecular flexibility index (Phi) is 5.36. The highest BCUT2D eigenvalue weighted by molar-refractivity contribution is 6.30. The molecule has 0 spiro atoms. The summed E-state index contributed by atoms with van der Waals surface area (Å²) in [5.74, 6) is -0.423. The third-order valence-electron chi connectivity index (χ3n) is 4.08. The van der Waals surface area contributed by atoms with Crippen LogP contribution >= 0.6 is 11.6 Å².